The molecule has 148 valence electrons. The summed E-state index contributed by atoms with van der Waals surface area (Å²) in [5, 5.41) is 4.01. The van der Waals surface area contributed by atoms with E-state index in [2.05, 4.69) is 104 Å². The molecule has 1 nitrogen and oxygen atoms in total. The first-order valence-electron chi connectivity index (χ1n) is 9.05. The van der Waals surface area contributed by atoms with Crippen molar-refractivity contribution >= 4 is 41.6 Å². The predicted octanol–water partition coefficient (Wildman–Crippen LogP) is 4.55. The molecule has 0 N–H and O–H groups in total. The Morgan fingerprint density at radius 3 is 1.03 bits per heavy atom. The number of carbonyl (C=O) groups is 1. The molecule has 4 heteroatoms. The molecule has 0 spiro atoms. The van der Waals surface area contributed by atoms with Crippen LogP contribution in [0.1, 0.15) is 10.4 Å². The van der Waals surface area contributed by atoms with E-state index in [1.54, 1.807) is 24.3 Å². The minimum Gasteiger partial charge on any atom is -0.737 e. The van der Waals surface area contributed by atoms with E-state index in [1.165, 1.54) is 15.9 Å². The van der Waals surface area contributed by atoms with Crippen LogP contribution in [0.4, 0.5) is 0 Å². The van der Waals surface area contributed by atoms with Crippen LogP contribution in [0.3, 0.4) is 0 Å². The van der Waals surface area contributed by atoms with Crippen LogP contribution < -0.4 is 15.9 Å². The van der Waals surface area contributed by atoms with Gasteiger partial charge in [0, 0.05) is 5.12 Å². The first-order valence-corrected chi connectivity index (χ1v) is 11.0. The molecule has 29 heavy (non-hydrogen) atoms. The van der Waals surface area contributed by atoms with Gasteiger partial charge in [0.1, 0.15) is 15.9 Å². The van der Waals surface area contributed by atoms with Crippen molar-refractivity contribution in [1.29, 1.82) is 0 Å². The second-order valence-corrected chi connectivity index (χ2v) is 8.98. The second-order valence-electron chi connectivity index (χ2n) is 6.13. The Morgan fingerprint density at radius 2 is 0.793 bits per heavy atom. The summed E-state index contributed by atoms with van der Waals surface area (Å²) in [5.41, 5.74) is 0.590. The summed E-state index contributed by atoms with van der Waals surface area (Å²) in [6, 6.07) is 41.3. The van der Waals surface area contributed by atoms with Gasteiger partial charge in [-0.1, -0.05) is 84.9 Å². The van der Waals surface area contributed by atoms with Gasteiger partial charge in [-0.2, -0.15) is 0 Å². The fraction of sp³-hybridized carbons (Fsp3) is 0. The van der Waals surface area contributed by atoms with Crippen molar-refractivity contribution in [2.75, 3.05) is 0 Å². The smallest absolute Gasteiger partial charge is 0.737 e. The quantitative estimate of drug-likeness (QED) is 0.195. The summed E-state index contributed by atoms with van der Waals surface area (Å²) in [4.78, 5) is 10.5. The van der Waals surface area contributed by atoms with Crippen LogP contribution in [-0.2, 0) is 35.0 Å². The van der Waals surface area contributed by atoms with Crippen LogP contribution in [0.2, 0.25) is 0 Å². The second kappa shape index (κ2) is 12.5. The first kappa shape index (κ1) is 23.2. The number of rotatable bonds is 4. The topological polar surface area (TPSA) is 17.1 Å². The third-order valence-electron chi connectivity index (χ3n) is 4.20. The molecule has 4 aromatic carbocycles. The molecule has 0 amide bonds. The van der Waals surface area contributed by atoms with Crippen LogP contribution in [0.5, 0.6) is 0 Å². The summed E-state index contributed by atoms with van der Waals surface area (Å²) < 4.78 is 0. The van der Waals surface area contributed by atoms with Gasteiger partial charge in [0.2, 0.25) is 0 Å². The molecule has 0 fully saturated rings. The number of carbonyl (C=O) groups excluding carboxylic acids is 1. The maximum Gasteiger partial charge on any atom is 1.00 e. The van der Waals surface area contributed by atoms with Crippen molar-refractivity contribution in [2.45, 2.75) is 0 Å². The van der Waals surface area contributed by atoms with E-state index in [0.717, 1.165) is 0 Å². The van der Waals surface area contributed by atoms with Crippen molar-refractivity contribution in [3.8, 4) is 0 Å². The Labute approximate surface area is 194 Å². The Kier molecular flexibility index (Phi) is 10.0. The molecule has 0 aliphatic rings. The van der Waals surface area contributed by atoms with Crippen molar-refractivity contribution in [1.82, 2.24) is 0 Å². The maximum atomic E-state index is 10.5. The standard InChI is InChI=1S/C18H15P.C7H6OS.Au/c1-4-10-16(11-5-1)19(17-12-6-2-7-13-17)18-14-8-3-9-15-18;8-7(9)6-4-2-1-3-5-6;/h1-15H;1-5H,(H,8,9);/q;;+1. The predicted molar refractivity (Wildman–Crippen MR) is 125 cm³/mol. The van der Waals surface area contributed by atoms with Gasteiger partial charge < -0.3 is 17.4 Å². The van der Waals surface area contributed by atoms with Gasteiger partial charge in [-0.25, -0.2) is 0 Å². The van der Waals surface area contributed by atoms with Gasteiger partial charge in [0.05, 0.1) is 7.92 Å². The largest absolute Gasteiger partial charge is 1.00 e. The normalized spacial score (nSPS) is 9.69. The third-order valence-corrected chi connectivity index (χ3v) is 7.16. The van der Waals surface area contributed by atoms with E-state index in [-0.39, 0.29) is 27.5 Å². The van der Waals surface area contributed by atoms with Gasteiger partial charge >= 0.3 is 22.4 Å². The van der Waals surface area contributed by atoms with Crippen molar-refractivity contribution in [3.05, 3.63) is 127 Å². The number of hydrogen-bond donors (Lipinski definition) is 0. The van der Waals surface area contributed by atoms with Gasteiger partial charge in [-0.05, 0) is 42.0 Å². The molecule has 0 unspecified atom stereocenters. The van der Waals surface area contributed by atoms with Crippen molar-refractivity contribution < 1.29 is 27.2 Å². The number of benzene rings is 4. The molecule has 0 atom stereocenters. The molecule has 4 aromatic rings. The van der Waals surface area contributed by atoms with E-state index < -0.39 is 7.92 Å². The molecule has 0 heterocycles. The van der Waals surface area contributed by atoms with Crippen LogP contribution >= 0.6 is 7.92 Å². The van der Waals surface area contributed by atoms with Gasteiger partial charge in [0.25, 0.3) is 0 Å². The molecule has 0 aromatic heterocycles. The minimum atomic E-state index is -0.877. The van der Waals surface area contributed by atoms with E-state index in [0.29, 0.717) is 5.56 Å². The SMILES string of the molecule is O=C([S-])c1ccccc1.[Au+].c1ccc([PH+](c2ccccc2)c2ccccc2)cc1. The van der Waals surface area contributed by atoms with E-state index in [1.807, 2.05) is 6.07 Å². The fourth-order valence-electron chi connectivity index (χ4n) is 2.89. The summed E-state index contributed by atoms with van der Waals surface area (Å²) in [7, 11) is -0.877. The zero-order chi connectivity index (χ0) is 19.6. The van der Waals surface area contributed by atoms with Crippen molar-refractivity contribution in [2.24, 2.45) is 0 Å². The molecule has 4 rings (SSSR count). The molecule has 0 aliphatic carbocycles. The fourth-order valence-corrected chi connectivity index (χ4v) is 5.60. The van der Waals surface area contributed by atoms with Crippen molar-refractivity contribution in [3.63, 3.8) is 0 Å². The summed E-state index contributed by atoms with van der Waals surface area (Å²) in [5.74, 6) is 0. The van der Waals surface area contributed by atoms with Gasteiger partial charge in [-0.3, -0.25) is 0 Å². The monoisotopic (exact) mass is 597 g/mol. The molecule has 0 radical (unpaired) electrons. The summed E-state index contributed by atoms with van der Waals surface area (Å²) in [6.45, 7) is 0. The Hall–Kier alpha value is -2.06. The molecule has 0 bridgehead atoms. The average molecular weight is 597 g/mol. The van der Waals surface area contributed by atoms with E-state index >= 15 is 0 Å². The molecule has 0 saturated heterocycles. The Bertz CT molecular complexity index is 886. The Morgan fingerprint density at radius 1 is 0.517 bits per heavy atom. The summed E-state index contributed by atoms with van der Waals surface area (Å²) in [6.07, 6.45) is 0. The maximum absolute atomic E-state index is 10.5. The molecule has 0 saturated carbocycles. The summed E-state index contributed by atoms with van der Waals surface area (Å²) >= 11 is 4.41. The molecular weight excluding hydrogens is 576 g/mol. The van der Waals surface area contributed by atoms with Crippen LogP contribution in [0.15, 0.2) is 121 Å². The van der Waals surface area contributed by atoms with Crippen LogP contribution in [0.25, 0.3) is 0 Å². The van der Waals surface area contributed by atoms with E-state index in [9.17, 15) is 4.79 Å². The third kappa shape index (κ3) is 7.04. The Balaban J connectivity index is 0.000000255. The van der Waals surface area contributed by atoms with Crippen LogP contribution in [-0.4, -0.2) is 5.12 Å². The van der Waals surface area contributed by atoms with Gasteiger partial charge in [0.15, 0.2) is 0 Å². The van der Waals surface area contributed by atoms with Gasteiger partial charge in [-0.15, -0.1) is 0 Å². The molecular formula is C25H21AuOPS+. The zero-order valence-electron chi connectivity index (χ0n) is 15.7. The zero-order valence-corrected chi connectivity index (χ0v) is 19.6. The number of hydrogen-bond acceptors (Lipinski definition) is 2. The molecule has 0 aliphatic heterocycles. The first-order chi connectivity index (χ1) is 13.8. The minimum absolute atomic E-state index is 0. The van der Waals surface area contributed by atoms with E-state index in [4.69, 9.17) is 0 Å². The van der Waals surface area contributed by atoms with Crippen LogP contribution in [0, 0.1) is 0 Å². The average Bonchev–Trinajstić information content (AvgIpc) is 2.77.